The van der Waals surface area contributed by atoms with Crippen molar-refractivity contribution < 1.29 is 9.32 Å². The first-order valence-electron chi connectivity index (χ1n) is 6.49. The van der Waals surface area contributed by atoms with E-state index in [9.17, 15) is 4.79 Å². The molecule has 0 spiro atoms. The minimum atomic E-state index is -0.417. The van der Waals surface area contributed by atoms with E-state index in [-0.39, 0.29) is 18.3 Å². The molecule has 1 amide bonds. The summed E-state index contributed by atoms with van der Waals surface area (Å²) in [6, 6.07) is 0. The fourth-order valence-electron chi connectivity index (χ4n) is 2.47. The van der Waals surface area contributed by atoms with Crippen LogP contribution in [0, 0.1) is 0 Å². The standard InChI is InChI=1S/C12H20N4O2.ClH/c1-3-13-8-10-14-11(16-18-10)12(15-9(2)17)6-4-5-7-12;/h13H,3-8H2,1-2H3,(H,15,17);1H. The fourth-order valence-corrected chi connectivity index (χ4v) is 2.47. The van der Waals surface area contributed by atoms with Crippen LogP contribution < -0.4 is 10.6 Å². The number of carbonyl (C=O) groups is 1. The molecule has 1 aromatic rings. The molecule has 19 heavy (non-hydrogen) atoms. The van der Waals surface area contributed by atoms with Gasteiger partial charge in [0, 0.05) is 6.92 Å². The predicted molar refractivity (Wildman–Crippen MR) is 72.9 cm³/mol. The lowest BCUT2D eigenvalue weighted by Crippen LogP contribution is -2.43. The van der Waals surface area contributed by atoms with E-state index in [0.717, 1.165) is 32.2 Å². The number of nitrogens with one attached hydrogen (secondary N) is 2. The van der Waals surface area contributed by atoms with E-state index in [2.05, 4.69) is 20.8 Å². The van der Waals surface area contributed by atoms with Gasteiger partial charge >= 0.3 is 0 Å². The van der Waals surface area contributed by atoms with Gasteiger partial charge in [-0.2, -0.15) is 4.98 Å². The topological polar surface area (TPSA) is 80.0 Å². The van der Waals surface area contributed by atoms with Crippen LogP contribution in [0.25, 0.3) is 0 Å². The predicted octanol–water partition coefficient (Wildman–Crippen LogP) is 1.51. The number of aromatic nitrogens is 2. The van der Waals surface area contributed by atoms with E-state index < -0.39 is 5.54 Å². The molecule has 6 nitrogen and oxygen atoms in total. The molecule has 0 bridgehead atoms. The molecule has 1 heterocycles. The van der Waals surface area contributed by atoms with Gasteiger partial charge in [0.05, 0.1) is 6.54 Å². The molecular weight excluding hydrogens is 268 g/mol. The molecule has 0 atom stereocenters. The Morgan fingerprint density at radius 2 is 2.11 bits per heavy atom. The maximum atomic E-state index is 11.3. The SMILES string of the molecule is CCNCc1nc(C2(NC(C)=O)CCCC2)no1.Cl. The average molecular weight is 289 g/mol. The number of amides is 1. The van der Waals surface area contributed by atoms with Gasteiger partial charge in [-0.3, -0.25) is 4.79 Å². The highest BCUT2D eigenvalue weighted by molar-refractivity contribution is 5.85. The van der Waals surface area contributed by atoms with E-state index >= 15 is 0 Å². The van der Waals surface area contributed by atoms with Crippen molar-refractivity contribution in [1.29, 1.82) is 0 Å². The highest BCUT2D eigenvalue weighted by atomic mass is 35.5. The van der Waals surface area contributed by atoms with Crippen LogP contribution >= 0.6 is 12.4 Å². The fraction of sp³-hybridized carbons (Fsp3) is 0.750. The monoisotopic (exact) mass is 288 g/mol. The van der Waals surface area contributed by atoms with Crippen molar-refractivity contribution in [2.75, 3.05) is 6.54 Å². The van der Waals surface area contributed by atoms with Gasteiger partial charge in [0.15, 0.2) is 5.82 Å². The lowest BCUT2D eigenvalue weighted by molar-refractivity contribution is -0.121. The summed E-state index contributed by atoms with van der Waals surface area (Å²) in [5.41, 5.74) is -0.417. The zero-order chi connectivity index (χ0) is 13.0. The first kappa shape index (κ1) is 15.9. The van der Waals surface area contributed by atoms with E-state index in [0.29, 0.717) is 18.3 Å². The zero-order valence-corrected chi connectivity index (χ0v) is 12.2. The molecule has 7 heteroatoms. The van der Waals surface area contributed by atoms with Crippen molar-refractivity contribution in [2.24, 2.45) is 0 Å². The summed E-state index contributed by atoms with van der Waals surface area (Å²) in [5, 5.41) is 10.2. The molecule has 1 aliphatic carbocycles. The number of rotatable bonds is 5. The van der Waals surface area contributed by atoms with Gasteiger partial charge in [0.1, 0.15) is 5.54 Å². The minimum absolute atomic E-state index is 0. The Kier molecular flexibility index (Phi) is 5.75. The second kappa shape index (κ2) is 6.86. The minimum Gasteiger partial charge on any atom is -0.343 e. The molecule has 1 fully saturated rings. The number of carbonyl (C=O) groups excluding carboxylic acids is 1. The van der Waals surface area contributed by atoms with Crippen LogP contribution in [0.15, 0.2) is 4.52 Å². The Labute approximate surface area is 119 Å². The number of hydrogen-bond donors (Lipinski definition) is 2. The summed E-state index contributed by atoms with van der Waals surface area (Å²) in [6.45, 7) is 4.97. The Morgan fingerprint density at radius 3 is 2.68 bits per heavy atom. The molecule has 108 valence electrons. The van der Waals surface area contributed by atoms with Crippen LogP contribution in [-0.2, 0) is 16.9 Å². The number of halogens is 1. The third-order valence-corrected chi connectivity index (χ3v) is 3.29. The molecule has 1 aliphatic rings. The van der Waals surface area contributed by atoms with Gasteiger partial charge in [-0.25, -0.2) is 0 Å². The van der Waals surface area contributed by atoms with Gasteiger partial charge in [-0.05, 0) is 19.4 Å². The van der Waals surface area contributed by atoms with Crippen molar-refractivity contribution in [1.82, 2.24) is 20.8 Å². The highest BCUT2D eigenvalue weighted by Gasteiger charge is 2.40. The lowest BCUT2D eigenvalue weighted by Gasteiger charge is -2.25. The van der Waals surface area contributed by atoms with Crippen LogP contribution in [-0.4, -0.2) is 22.6 Å². The molecule has 1 saturated carbocycles. The summed E-state index contributed by atoms with van der Waals surface area (Å²) >= 11 is 0. The summed E-state index contributed by atoms with van der Waals surface area (Å²) < 4.78 is 5.21. The largest absolute Gasteiger partial charge is 0.343 e. The average Bonchev–Trinajstić information content (AvgIpc) is 2.94. The molecule has 2 rings (SSSR count). The summed E-state index contributed by atoms with van der Waals surface area (Å²) in [5.74, 6) is 1.14. The van der Waals surface area contributed by atoms with Crippen molar-refractivity contribution in [2.45, 2.75) is 51.6 Å². The third kappa shape index (κ3) is 3.67. The Bertz CT molecular complexity index is 416. The lowest BCUT2D eigenvalue weighted by atomic mass is 9.96. The second-order valence-electron chi connectivity index (χ2n) is 4.76. The normalized spacial score (nSPS) is 16.9. The Morgan fingerprint density at radius 1 is 1.42 bits per heavy atom. The molecule has 0 aromatic carbocycles. The molecule has 0 unspecified atom stereocenters. The Hall–Kier alpha value is -1.14. The maximum absolute atomic E-state index is 11.3. The van der Waals surface area contributed by atoms with Gasteiger partial charge in [-0.15, -0.1) is 12.4 Å². The molecule has 1 aromatic heterocycles. The van der Waals surface area contributed by atoms with Crippen molar-refractivity contribution in [3.05, 3.63) is 11.7 Å². The third-order valence-electron chi connectivity index (χ3n) is 3.29. The van der Waals surface area contributed by atoms with Crippen molar-refractivity contribution in [3.63, 3.8) is 0 Å². The van der Waals surface area contributed by atoms with Gasteiger partial charge < -0.3 is 15.2 Å². The number of hydrogen-bond acceptors (Lipinski definition) is 5. The quantitative estimate of drug-likeness (QED) is 0.858. The number of nitrogens with zero attached hydrogens (tertiary/aromatic N) is 2. The maximum Gasteiger partial charge on any atom is 0.240 e. The molecule has 2 N–H and O–H groups in total. The van der Waals surface area contributed by atoms with E-state index in [4.69, 9.17) is 4.52 Å². The van der Waals surface area contributed by atoms with Crippen LogP contribution in [0.1, 0.15) is 51.2 Å². The van der Waals surface area contributed by atoms with Crippen LogP contribution in [0.5, 0.6) is 0 Å². The van der Waals surface area contributed by atoms with Crippen LogP contribution in [0.3, 0.4) is 0 Å². The van der Waals surface area contributed by atoms with Gasteiger partial charge in [-0.1, -0.05) is 24.9 Å². The van der Waals surface area contributed by atoms with Gasteiger partial charge in [0.2, 0.25) is 11.8 Å². The van der Waals surface area contributed by atoms with Crippen molar-refractivity contribution >= 4 is 18.3 Å². The second-order valence-corrected chi connectivity index (χ2v) is 4.76. The zero-order valence-electron chi connectivity index (χ0n) is 11.4. The molecule has 0 saturated heterocycles. The van der Waals surface area contributed by atoms with Crippen LogP contribution in [0.4, 0.5) is 0 Å². The smallest absolute Gasteiger partial charge is 0.240 e. The van der Waals surface area contributed by atoms with E-state index in [1.807, 2.05) is 6.92 Å². The summed E-state index contributed by atoms with van der Waals surface area (Å²) in [7, 11) is 0. The first-order valence-corrected chi connectivity index (χ1v) is 6.49. The van der Waals surface area contributed by atoms with E-state index in [1.54, 1.807) is 0 Å². The highest BCUT2D eigenvalue weighted by Crippen LogP contribution is 2.37. The van der Waals surface area contributed by atoms with Crippen molar-refractivity contribution in [3.8, 4) is 0 Å². The first-order chi connectivity index (χ1) is 8.66. The summed E-state index contributed by atoms with van der Waals surface area (Å²) in [6.07, 6.45) is 3.92. The van der Waals surface area contributed by atoms with Crippen LogP contribution in [0.2, 0.25) is 0 Å². The molecule has 0 radical (unpaired) electrons. The van der Waals surface area contributed by atoms with E-state index in [1.165, 1.54) is 6.92 Å². The summed E-state index contributed by atoms with van der Waals surface area (Å²) in [4.78, 5) is 15.7. The Balaban J connectivity index is 0.00000180. The van der Waals surface area contributed by atoms with Gasteiger partial charge in [0.25, 0.3) is 0 Å². The molecule has 0 aliphatic heterocycles. The molecular formula is C12H21ClN4O2.